The normalized spacial score (nSPS) is 19.6. The van der Waals surface area contributed by atoms with Crippen molar-refractivity contribution in [1.29, 1.82) is 0 Å². The molecule has 364 valence electrons. The largest absolute Gasteiger partial charge is 0.493 e. The summed E-state index contributed by atoms with van der Waals surface area (Å²) in [7, 11) is 17.6. The van der Waals surface area contributed by atoms with E-state index in [2.05, 4.69) is 50.5 Å². The molecule has 2 aliphatic heterocycles. The number of quaternary nitrogens is 2. The van der Waals surface area contributed by atoms with Gasteiger partial charge in [0.25, 0.3) is 0 Å². The van der Waals surface area contributed by atoms with E-state index in [9.17, 15) is 9.59 Å². The SMILES string of the molecule is COc1ccc(C[C@@H]2C[N@+](C)(CCC(=O)OCCCCCOC(=O)CC[N@+]3(C)CCc4cc(OC)c(OC)cc4[C@H]3Cc3ccc(OC)c(OC)c3)Cc3cc(OC)c(OC)cc32)cc1OC. The average Bonchev–Trinajstić information content (AvgIpc) is 3.34. The molecule has 0 bridgehead atoms. The van der Waals surface area contributed by atoms with E-state index in [-0.39, 0.29) is 23.9 Å². The van der Waals surface area contributed by atoms with Crippen LogP contribution in [0.25, 0.3) is 0 Å². The van der Waals surface area contributed by atoms with Crippen LogP contribution in [0, 0.1) is 0 Å². The Morgan fingerprint density at radius 3 is 1.52 bits per heavy atom. The van der Waals surface area contributed by atoms with Crippen molar-refractivity contribution in [3.63, 3.8) is 0 Å². The van der Waals surface area contributed by atoms with Crippen molar-refractivity contribution in [2.24, 2.45) is 0 Å². The van der Waals surface area contributed by atoms with Crippen LogP contribution in [0.4, 0.5) is 0 Å². The highest BCUT2D eigenvalue weighted by atomic mass is 16.5. The predicted molar refractivity (Wildman–Crippen MR) is 255 cm³/mol. The van der Waals surface area contributed by atoms with E-state index in [1.54, 1.807) is 56.9 Å². The van der Waals surface area contributed by atoms with Crippen molar-refractivity contribution in [3.05, 3.63) is 94.0 Å². The Bertz CT molecular complexity index is 2320. The Balaban J connectivity index is 0.970. The second-order valence-electron chi connectivity index (χ2n) is 18.2. The molecule has 4 aromatic carbocycles. The molecule has 4 aromatic rings. The quantitative estimate of drug-likeness (QED) is 0.0383. The van der Waals surface area contributed by atoms with E-state index < -0.39 is 0 Å². The molecule has 0 aliphatic carbocycles. The molecule has 0 unspecified atom stereocenters. The van der Waals surface area contributed by atoms with Crippen molar-refractivity contribution in [3.8, 4) is 46.0 Å². The third-order valence-electron chi connectivity index (χ3n) is 13.8. The lowest BCUT2D eigenvalue weighted by Gasteiger charge is -2.46. The fourth-order valence-electron chi connectivity index (χ4n) is 9.96. The molecule has 0 amide bonds. The summed E-state index contributed by atoms with van der Waals surface area (Å²) >= 11 is 0. The van der Waals surface area contributed by atoms with Crippen molar-refractivity contribution >= 4 is 11.9 Å². The number of fused-ring (bicyclic) bond motifs is 2. The minimum Gasteiger partial charge on any atom is -0.493 e. The predicted octanol–water partition coefficient (Wildman–Crippen LogP) is 8.07. The van der Waals surface area contributed by atoms with Gasteiger partial charge in [0.15, 0.2) is 46.0 Å². The summed E-state index contributed by atoms with van der Waals surface area (Å²) in [6, 6.07) is 20.5. The zero-order chi connectivity index (χ0) is 48.1. The molecule has 67 heavy (non-hydrogen) atoms. The number of benzene rings is 4. The number of hydrogen-bond acceptors (Lipinski definition) is 12. The topological polar surface area (TPSA) is 126 Å². The van der Waals surface area contributed by atoms with Gasteiger partial charge in [-0.1, -0.05) is 12.1 Å². The number of nitrogens with zero attached hydrogens (tertiary/aromatic N) is 2. The van der Waals surface area contributed by atoms with Gasteiger partial charge in [-0.3, -0.25) is 9.59 Å². The lowest BCUT2D eigenvalue weighted by Crippen LogP contribution is -2.53. The highest BCUT2D eigenvalue weighted by Gasteiger charge is 2.41. The molecule has 6 rings (SSSR count). The monoisotopic (exact) mass is 929 g/mol. The second kappa shape index (κ2) is 23.2. The Labute approximate surface area is 397 Å². The first-order chi connectivity index (χ1) is 32.3. The maximum Gasteiger partial charge on any atom is 0.311 e. The van der Waals surface area contributed by atoms with Crippen molar-refractivity contribution in [2.75, 3.05) is 110 Å². The van der Waals surface area contributed by atoms with Crippen molar-refractivity contribution in [1.82, 2.24) is 0 Å². The molecule has 2 heterocycles. The molecule has 0 saturated heterocycles. The van der Waals surface area contributed by atoms with Crippen molar-refractivity contribution in [2.45, 2.75) is 69.9 Å². The molecule has 2 aliphatic rings. The van der Waals surface area contributed by atoms with Crippen LogP contribution < -0.4 is 37.9 Å². The van der Waals surface area contributed by atoms with Gasteiger partial charge in [0.05, 0.1) is 123 Å². The van der Waals surface area contributed by atoms with E-state index in [4.69, 9.17) is 47.4 Å². The first-order valence-corrected chi connectivity index (χ1v) is 23.2. The highest BCUT2D eigenvalue weighted by Crippen LogP contribution is 2.44. The van der Waals surface area contributed by atoms with Crippen LogP contribution >= 0.6 is 0 Å². The van der Waals surface area contributed by atoms with E-state index >= 15 is 0 Å². The molecule has 4 atom stereocenters. The molecule has 0 N–H and O–H groups in total. The summed E-state index contributed by atoms with van der Waals surface area (Å²) in [6.45, 7) is 4.34. The van der Waals surface area contributed by atoms with E-state index in [0.29, 0.717) is 107 Å². The molecular weight excluding hydrogens is 857 g/mol. The molecule has 0 saturated carbocycles. The summed E-state index contributed by atoms with van der Waals surface area (Å²) in [5.41, 5.74) is 7.03. The summed E-state index contributed by atoms with van der Waals surface area (Å²) in [5.74, 6) is 5.25. The Morgan fingerprint density at radius 1 is 0.522 bits per heavy atom. The number of rotatable bonds is 24. The fraction of sp³-hybridized carbons (Fsp3) is 0.509. The van der Waals surface area contributed by atoms with Gasteiger partial charge < -0.3 is 56.3 Å². The van der Waals surface area contributed by atoms with Crippen LogP contribution in [-0.4, -0.2) is 131 Å². The van der Waals surface area contributed by atoms with Gasteiger partial charge in [-0.05, 0) is 96.5 Å². The summed E-state index contributed by atoms with van der Waals surface area (Å²) in [5, 5.41) is 0. The van der Waals surface area contributed by atoms with Gasteiger partial charge >= 0.3 is 11.9 Å². The second-order valence-corrected chi connectivity index (χ2v) is 18.2. The Kier molecular flexibility index (Phi) is 17.5. The number of likely N-dealkylation sites (N-methyl/N-ethyl adjacent to an activating group) is 2. The minimum atomic E-state index is -0.214. The minimum absolute atomic E-state index is 0.0409. The average molecular weight is 929 g/mol. The number of carbonyl (C=O) groups excluding carboxylic acids is 2. The molecule has 0 radical (unpaired) electrons. The first-order valence-electron chi connectivity index (χ1n) is 23.2. The number of methoxy groups -OCH3 is 8. The van der Waals surface area contributed by atoms with Crippen LogP contribution in [-0.2, 0) is 44.9 Å². The zero-order valence-corrected chi connectivity index (χ0v) is 41.3. The fourth-order valence-corrected chi connectivity index (χ4v) is 9.96. The van der Waals surface area contributed by atoms with Gasteiger partial charge in [-0.2, -0.15) is 0 Å². The van der Waals surface area contributed by atoms with Gasteiger partial charge in [-0.15, -0.1) is 0 Å². The Morgan fingerprint density at radius 2 is 0.985 bits per heavy atom. The molecule has 14 heteroatoms. The van der Waals surface area contributed by atoms with Crippen LogP contribution in [0.5, 0.6) is 46.0 Å². The third-order valence-corrected chi connectivity index (χ3v) is 13.8. The standard InChI is InChI=1S/C53H72N2O12/c1-54(34-39(26-36-14-16-44(58-3)46(28-36)60-5)41-32-50(64-9)49(63-8)31-40(41)35-54)21-19-52(56)66-24-12-11-13-25-67-53(57)20-23-55(2)22-18-38-30-48(62-7)51(65-10)33-42(38)43(55)27-37-15-17-45(59-4)47(29-37)61-6/h14-17,28-33,39,43H,11-13,18-27,34-35H2,1-10H3/q+2/t39-,43-,54+,55+/m1/s1. The van der Waals surface area contributed by atoms with Gasteiger partial charge in [0, 0.05) is 29.9 Å². The van der Waals surface area contributed by atoms with Crippen LogP contribution in [0.3, 0.4) is 0 Å². The molecular formula is C53H72N2O12+2. The zero-order valence-electron chi connectivity index (χ0n) is 41.3. The number of unbranched alkanes of at least 4 members (excludes halogenated alkanes) is 2. The summed E-state index contributed by atoms with van der Waals surface area (Å²) < 4.78 is 57.8. The van der Waals surface area contributed by atoms with Gasteiger partial charge in [0.2, 0.25) is 0 Å². The molecule has 14 nitrogen and oxygen atoms in total. The summed E-state index contributed by atoms with van der Waals surface area (Å²) in [6.07, 6.45) is 5.10. The highest BCUT2D eigenvalue weighted by molar-refractivity contribution is 5.69. The van der Waals surface area contributed by atoms with Crippen LogP contribution in [0.2, 0.25) is 0 Å². The van der Waals surface area contributed by atoms with E-state index in [1.807, 2.05) is 24.3 Å². The maximum absolute atomic E-state index is 13.2. The van der Waals surface area contributed by atoms with E-state index in [0.717, 1.165) is 56.4 Å². The lowest BCUT2D eigenvalue weighted by atomic mass is 9.83. The maximum atomic E-state index is 13.2. The van der Waals surface area contributed by atoms with Crippen LogP contribution in [0.1, 0.15) is 77.4 Å². The smallest absolute Gasteiger partial charge is 0.311 e. The van der Waals surface area contributed by atoms with Gasteiger partial charge in [0.1, 0.15) is 12.6 Å². The third kappa shape index (κ3) is 12.4. The number of esters is 2. The summed E-state index contributed by atoms with van der Waals surface area (Å²) in [4.78, 5) is 26.3. The molecule has 0 aromatic heterocycles. The molecule has 0 spiro atoms. The molecule has 0 fully saturated rings. The number of ether oxygens (including phenoxy) is 10. The number of carbonyl (C=O) groups is 2. The first kappa shape index (κ1) is 50.6. The number of hydrogen-bond donors (Lipinski definition) is 0. The Hall–Kier alpha value is -5.86. The van der Waals surface area contributed by atoms with E-state index in [1.165, 1.54) is 22.3 Å². The van der Waals surface area contributed by atoms with Crippen molar-refractivity contribution < 1.29 is 65.9 Å². The van der Waals surface area contributed by atoms with Crippen LogP contribution in [0.15, 0.2) is 60.7 Å². The van der Waals surface area contributed by atoms with Gasteiger partial charge in [-0.25, -0.2) is 0 Å². The lowest BCUT2D eigenvalue weighted by molar-refractivity contribution is -0.940.